The highest BCUT2D eigenvalue weighted by atomic mass is 16.3. The number of carbonyl (C=O) groups excluding carboxylic acids is 1. The molecule has 0 bridgehead atoms. The van der Waals surface area contributed by atoms with E-state index in [9.17, 15) is 9.90 Å². The molecule has 0 aromatic heterocycles. The van der Waals surface area contributed by atoms with E-state index in [2.05, 4.69) is 0 Å². The number of piperidine rings is 1. The van der Waals surface area contributed by atoms with Crippen LogP contribution >= 0.6 is 0 Å². The van der Waals surface area contributed by atoms with Gasteiger partial charge in [0.05, 0.1) is 6.07 Å². The molecule has 2 rings (SSSR count). The van der Waals surface area contributed by atoms with E-state index in [1.165, 1.54) is 5.56 Å². The molecule has 1 amide bonds. The van der Waals surface area contributed by atoms with E-state index in [0.717, 1.165) is 12.0 Å². The number of nitrogens with zero attached hydrogens (tertiary/aromatic N) is 2. The van der Waals surface area contributed by atoms with E-state index in [1.807, 2.05) is 49.9 Å². The smallest absolute Gasteiger partial charge is 0.253 e. The van der Waals surface area contributed by atoms with Gasteiger partial charge in [0.25, 0.3) is 5.91 Å². The van der Waals surface area contributed by atoms with Crippen molar-refractivity contribution in [2.45, 2.75) is 46.1 Å². The Kier molecular flexibility index (Phi) is 4.87. The number of hydrogen-bond acceptors (Lipinski definition) is 3. The van der Waals surface area contributed by atoms with Crippen LogP contribution < -0.4 is 0 Å². The van der Waals surface area contributed by atoms with Crippen molar-refractivity contribution in [2.24, 2.45) is 5.41 Å². The quantitative estimate of drug-likeness (QED) is 0.873. The van der Waals surface area contributed by atoms with Crippen LogP contribution in [0.25, 0.3) is 0 Å². The molecule has 0 radical (unpaired) electrons. The Morgan fingerprint density at radius 2 is 2.00 bits per heavy atom. The second-order valence-electron chi connectivity index (χ2n) is 6.34. The largest absolute Gasteiger partial charge is 0.378 e. The fraction of sp³-hybridized carbons (Fsp3) is 0.556. The Balaban J connectivity index is 2.09. The van der Waals surface area contributed by atoms with Gasteiger partial charge in [0, 0.05) is 24.1 Å². The highest BCUT2D eigenvalue weighted by Gasteiger charge is 2.40. The van der Waals surface area contributed by atoms with Crippen molar-refractivity contribution in [1.82, 2.24) is 4.90 Å². The predicted molar refractivity (Wildman–Crippen MR) is 85.4 cm³/mol. The van der Waals surface area contributed by atoms with Crippen molar-refractivity contribution in [3.63, 3.8) is 0 Å². The number of amides is 1. The van der Waals surface area contributed by atoms with E-state index in [1.54, 1.807) is 0 Å². The molecule has 0 aliphatic carbocycles. The second-order valence-corrected chi connectivity index (χ2v) is 6.34. The van der Waals surface area contributed by atoms with Crippen molar-refractivity contribution in [2.75, 3.05) is 13.1 Å². The highest BCUT2D eigenvalue weighted by molar-refractivity contribution is 5.94. The van der Waals surface area contributed by atoms with E-state index >= 15 is 0 Å². The van der Waals surface area contributed by atoms with Gasteiger partial charge in [-0.05, 0) is 56.4 Å². The number of aryl methyl sites for hydroxylation is 2. The molecular weight excluding hydrogens is 276 g/mol. The normalized spacial score (nSPS) is 18.6. The lowest BCUT2D eigenvalue weighted by Gasteiger charge is -2.42. The first-order valence-corrected chi connectivity index (χ1v) is 7.88. The van der Waals surface area contributed by atoms with Gasteiger partial charge in [0.1, 0.15) is 6.10 Å². The van der Waals surface area contributed by atoms with E-state index in [0.29, 0.717) is 31.5 Å². The van der Waals surface area contributed by atoms with Gasteiger partial charge in [-0.15, -0.1) is 0 Å². The molecule has 1 aliphatic rings. The maximum Gasteiger partial charge on any atom is 0.253 e. The van der Waals surface area contributed by atoms with Crippen LogP contribution in [0.2, 0.25) is 0 Å². The lowest BCUT2D eigenvalue weighted by Crippen LogP contribution is -2.47. The number of nitriles is 1. The number of aliphatic hydroxyl groups excluding tert-OH is 1. The van der Waals surface area contributed by atoms with Crippen LogP contribution in [0, 0.1) is 30.6 Å². The summed E-state index contributed by atoms with van der Waals surface area (Å²) in [6.07, 6.45) is 1.16. The maximum atomic E-state index is 12.6. The maximum absolute atomic E-state index is 12.6. The van der Waals surface area contributed by atoms with E-state index < -0.39 is 6.10 Å². The zero-order valence-electron chi connectivity index (χ0n) is 13.6. The lowest BCUT2D eigenvalue weighted by molar-refractivity contribution is 0.00513. The van der Waals surface area contributed by atoms with Gasteiger partial charge in [-0.1, -0.05) is 13.0 Å². The van der Waals surface area contributed by atoms with E-state index in [4.69, 9.17) is 5.26 Å². The summed E-state index contributed by atoms with van der Waals surface area (Å²) in [5.74, 6) is 0.0410. The minimum absolute atomic E-state index is 0.0410. The molecule has 1 aromatic carbocycles. The lowest BCUT2D eigenvalue weighted by atomic mass is 9.72. The molecule has 1 fully saturated rings. The summed E-state index contributed by atoms with van der Waals surface area (Å²) in [6, 6.07) is 7.75. The second kappa shape index (κ2) is 6.50. The molecule has 4 nitrogen and oxygen atoms in total. The van der Waals surface area contributed by atoms with Gasteiger partial charge in [-0.3, -0.25) is 4.79 Å². The van der Waals surface area contributed by atoms with Gasteiger partial charge in [-0.2, -0.15) is 5.26 Å². The average Bonchev–Trinajstić information content (AvgIpc) is 2.56. The third kappa shape index (κ3) is 3.00. The third-order valence-corrected chi connectivity index (χ3v) is 5.21. The van der Waals surface area contributed by atoms with Crippen LogP contribution in [0.1, 0.15) is 47.7 Å². The van der Waals surface area contributed by atoms with Crippen LogP contribution in [-0.4, -0.2) is 35.1 Å². The van der Waals surface area contributed by atoms with Crippen LogP contribution in [0.3, 0.4) is 0 Å². The molecule has 1 aliphatic heterocycles. The number of benzene rings is 1. The minimum Gasteiger partial charge on any atom is -0.378 e. The summed E-state index contributed by atoms with van der Waals surface area (Å²) in [4.78, 5) is 14.4. The van der Waals surface area contributed by atoms with E-state index in [-0.39, 0.29) is 11.3 Å². The van der Waals surface area contributed by atoms with Crippen LogP contribution in [-0.2, 0) is 0 Å². The molecule has 1 aromatic rings. The molecule has 1 saturated heterocycles. The Bertz CT molecular complexity index is 596. The van der Waals surface area contributed by atoms with Crippen LogP contribution in [0.15, 0.2) is 18.2 Å². The fourth-order valence-corrected chi connectivity index (χ4v) is 3.17. The summed E-state index contributed by atoms with van der Waals surface area (Å²) in [6.45, 7) is 7.23. The summed E-state index contributed by atoms with van der Waals surface area (Å²) in [5.41, 5.74) is 2.64. The molecule has 0 saturated carbocycles. The zero-order valence-corrected chi connectivity index (χ0v) is 13.6. The average molecular weight is 300 g/mol. The zero-order chi connectivity index (χ0) is 16.3. The van der Waals surface area contributed by atoms with Crippen molar-refractivity contribution in [3.05, 3.63) is 34.9 Å². The molecule has 1 atom stereocenters. The molecule has 118 valence electrons. The number of likely N-dealkylation sites (tertiary alicyclic amines) is 1. The first kappa shape index (κ1) is 16.5. The first-order chi connectivity index (χ1) is 10.4. The standard InChI is InChI=1S/C18H24N2O2/c1-4-18(16(21)12-19)7-9-20(10-8-18)17(22)15-6-5-13(2)14(3)11-15/h5-6,11,16,21H,4,7-10H2,1-3H3. The summed E-state index contributed by atoms with van der Waals surface area (Å²) in [7, 11) is 0. The molecule has 1 N–H and O–H groups in total. The van der Waals surface area contributed by atoms with Gasteiger partial charge < -0.3 is 10.0 Å². The highest BCUT2D eigenvalue weighted by Crippen LogP contribution is 2.38. The Hall–Kier alpha value is -1.86. The van der Waals surface area contributed by atoms with Crippen molar-refractivity contribution in [1.29, 1.82) is 5.26 Å². The SMILES string of the molecule is CCC1(C(O)C#N)CCN(C(=O)c2ccc(C)c(C)c2)CC1. The van der Waals surface area contributed by atoms with Crippen LogP contribution in [0.4, 0.5) is 0 Å². The van der Waals surface area contributed by atoms with Crippen molar-refractivity contribution in [3.8, 4) is 6.07 Å². The Morgan fingerprint density at radius 3 is 2.50 bits per heavy atom. The van der Waals surface area contributed by atoms with Gasteiger partial charge in [0.15, 0.2) is 0 Å². The predicted octanol–water partition coefficient (Wildman–Crippen LogP) is 2.82. The van der Waals surface area contributed by atoms with Crippen molar-refractivity contribution < 1.29 is 9.90 Å². The Morgan fingerprint density at radius 1 is 1.36 bits per heavy atom. The number of rotatable bonds is 3. The van der Waals surface area contributed by atoms with Gasteiger partial charge in [-0.25, -0.2) is 0 Å². The minimum atomic E-state index is -0.948. The summed E-state index contributed by atoms with van der Waals surface area (Å²) >= 11 is 0. The number of hydrogen-bond donors (Lipinski definition) is 1. The van der Waals surface area contributed by atoms with Gasteiger partial charge in [0.2, 0.25) is 0 Å². The fourth-order valence-electron chi connectivity index (χ4n) is 3.17. The molecule has 22 heavy (non-hydrogen) atoms. The third-order valence-electron chi connectivity index (χ3n) is 5.21. The number of aliphatic hydroxyl groups is 1. The summed E-state index contributed by atoms with van der Waals surface area (Å²) in [5, 5.41) is 19.0. The molecule has 1 unspecified atom stereocenters. The number of carbonyl (C=O) groups is 1. The summed E-state index contributed by atoms with van der Waals surface area (Å²) < 4.78 is 0. The molecule has 0 spiro atoms. The monoisotopic (exact) mass is 300 g/mol. The topological polar surface area (TPSA) is 64.3 Å². The Labute approximate surface area is 132 Å². The van der Waals surface area contributed by atoms with Gasteiger partial charge >= 0.3 is 0 Å². The molecule has 1 heterocycles. The van der Waals surface area contributed by atoms with Crippen LogP contribution in [0.5, 0.6) is 0 Å². The first-order valence-electron chi connectivity index (χ1n) is 7.88. The van der Waals surface area contributed by atoms with Crippen molar-refractivity contribution >= 4 is 5.91 Å². The molecule has 4 heteroatoms. The molecular formula is C18H24N2O2.